The van der Waals surface area contributed by atoms with E-state index in [1.54, 1.807) is 30.3 Å². The number of halogens is 2. The average Bonchev–Trinajstić information content (AvgIpc) is 2.68. The summed E-state index contributed by atoms with van der Waals surface area (Å²) >= 11 is 11.9. The fourth-order valence-electron chi connectivity index (χ4n) is 2.43. The number of carbonyl (C=O) groups excluding carboxylic acids is 1. The van der Waals surface area contributed by atoms with Crippen LogP contribution in [-0.2, 0) is 14.8 Å². The van der Waals surface area contributed by atoms with Gasteiger partial charge in [0.05, 0.1) is 10.0 Å². The Hall–Kier alpha value is -2.74. The Morgan fingerprint density at radius 2 is 1.41 bits per heavy atom. The van der Waals surface area contributed by atoms with Gasteiger partial charge in [-0.3, -0.25) is 9.52 Å². The normalized spacial score (nSPS) is 11.0. The van der Waals surface area contributed by atoms with Crippen LogP contribution in [0.3, 0.4) is 0 Å². The van der Waals surface area contributed by atoms with E-state index in [4.69, 9.17) is 27.9 Å². The topological polar surface area (TPSA) is 84.5 Å². The molecule has 0 fully saturated rings. The fraction of sp³-hybridized carbons (Fsp3) is 0.0500. The largest absolute Gasteiger partial charge is 0.484 e. The highest BCUT2D eigenvalue weighted by Gasteiger charge is 2.21. The Kier molecular flexibility index (Phi) is 6.64. The van der Waals surface area contributed by atoms with Gasteiger partial charge in [0.15, 0.2) is 6.61 Å². The van der Waals surface area contributed by atoms with Crippen LogP contribution in [0.15, 0.2) is 77.7 Å². The van der Waals surface area contributed by atoms with E-state index in [9.17, 15) is 13.2 Å². The van der Waals surface area contributed by atoms with E-state index in [0.29, 0.717) is 17.1 Å². The van der Waals surface area contributed by atoms with Crippen molar-refractivity contribution in [2.45, 2.75) is 4.90 Å². The van der Waals surface area contributed by atoms with Gasteiger partial charge in [0.25, 0.3) is 15.9 Å². The number of carbonyl (C=O) groups is 1. The van der Waals surface area contributed by atoms with Crippen LogP contribution in [0.1, 0.15) is 0 Å². The molecule has 0 spiro atoms. The predicted molar refractivity (Wildman–Crippen MR) is 114 cm³/mol. The van der Waals surface area contributed by atoms with Crippen LogP contribution in [0.5, 0.6) is 5.75 Å². The second-order valence-corrected chi connectivity index (χ2v) is 8.32. The van der Waals surface area contributed by atoms with E-state index in [1.165, 1.54) is 24.3 Å². The summed E-state index contributed by atoms with van der Waals surface area (Å²) in [7, 11) is -3.97. The molecule has 1 amide bonds. The lowest BCUT2D eigenvalue weighted by atomic mass is 10.3. The Labute approximate surface area is 178 Å². The molecule has 2 N–H and O–H groups in total. The molecule has 3 rings (SSSR count). The maximum atomic E-state index is 12.6. The smallest absolute Gasteiger partial charge is 0.264 e. The number of benzene rings is 3. The fourth-order valence-corrected chi connectivity index (χ4v) is 4.63. The number of nitrogens with one attached hydrogen (secondary N) is 2. The molecule has 0 saturated carbocycles. The van der Waals surface area contributed by atoms with E-state index in [0.717, 1.165) is 0 Å². The number of sulfonamides is 1. The zero-order chi connectivity index (χ0) is 20.9. The molecule has 0 heterocycles. The molecule has 9 heteroatoms. The third-order valence-corrected chi connectivity index (χ3v) is 6.06. The number of anilines is 2. The van der Waals surface area contributed by atoms with E-state index >= 15 is 0 Å². The van der Waals surface area contributed by atoms with E-state index in [-0.39, 0.29) is 27.5 Å². The van der Waals surface area contributed by atoms with Gasteiger partial charge in [-0.25, -0.2) is 8.42 Å². The van der Waals surface area contributed by atoms with Crippen molar-refractivity contribution < 1.29 is 17.9 Å². The summed E-state index contributed by atoms with van der Waals surface area (Å²) in [6, 6.07) is 19.6. The van der Waals surface area contributed by atoms with Crippen LogP contribution in [0, 0.1) is 0 Å². The lowest BCUT2D eigenvalue weighted by Crippen LogP contribution is -2.20. The van der Waals surface area contributed by atoms with Crippen LogP contribution in [-0.4, -0.2) is 20.9 Å². The maximum Gasteiger partial charge on any atom is 0.264 e. The van der Waals surface area contributed by atoms with Gasteiger partial charge in [0, 0.05) is 11.4 Å². The monoisotopic (exact) mass is 450 g/mol. The van der Waals surface area contributed by atoms with E-state index in [1.807, 2.05) is 18.2 Å². The Morgan fingerprint density at radius 1 is 0.828 bits per heavy atom. The van der Waals surface area contributed by atoms with Crippen LogP contribution in [0.25, 0.3) is 0 Å². The molecular weight excluding hydrogens is 435 g/mol. The molecule has 0 bridgehead atoms. The summed E-state index contributed by atoms with van der Waals surface area (Å²) in [6.07, 6.45) is 0. The van der Waals surface area contributed by atoms with Crippen LogP contribution in [0.4, 0.5) is 11.4 Å². The van der Waals surface area contributed by atoms with Gasteiger partial charge in [0.1, 0.15) is 10.6 Å². The Bertz CT molecular complexity index is 1080. The first-order chi connectivity index (χ1) is 13.8. The van der Waals surface area contributed by atoms with Crippen molar-refractivity contribution in [2.24, 2.45) is 0 Å². The molecule has 0 aliphatic carbocycles. The van der Waals surface area contributed by atoms with Gasteiger partial charge in [-0.05, 0) is 48.5 Å². The molecule has 0 aromatic heterocycles. The molecule has 0 aliphatic rings. The lowest BCUT2D eigenvalue weighted by Gasteiger charge is -2.12. The van der Waals surface area contributed by atoms with Crippen molar-refractivity contribution in [1.82, 2.24) is 0 Å². The third-order valence-electron chi connectivity index (χ3n) is 3.72. The number of para-hydroxylation sites is 1. The zero-order valence-electron chi connectivity index (χ0n) is 14.9. The number of hydrogen-bond donors (Lipinski definition) is 2. The lowest BCUT2D eigenvalue weighted by molar-refractivity contribution is -0.118. The molecule has 3 aromatic rings. The SMILES string of the molecule is O=C(COc1ccccc1)Nc1ccc(NS(=O)(=O)c2c(Cl)cccc2Cl)cc1. The van der Waals surface area contributed by atoms with Gasteiger partial charge < -0.3 is 10.1 Å². The highest BCUT2D eigenvalue weighted by molar-refractivity contribution is 7.93. The Morgan fingerprint density at radius 3 is 2.03 bits per heavy atom. The molecule has 6 nitrogen and oxygen atoms in total. The highest BCUT2D eigenvalue weighted by Crippen LogP contribution is 2.30. The van der Waals surface area contributed by atoms with Gasteiger partial charge in [-0.2, -0.15) is 0 Å². The Balaban J connectivity index is 1.62. The second kappa shape index (κ2) is 9.17. The standard InChI is InChI=1S/C20H16Cl2N2O4S/c21-17-7-4-8-18(22)20(17)29(26,27)24-15-11-9-14(10-12-15)23-19(25)13-28-16-5-2-1-3-6-16/h1-12,24H,13H2,(H,23,25). The van der Waals surface area contributed by atoms with Crippen LogP contribution in [0.2, 0.25) is 10.0 Å². The minimum absolute atomic E-state index is 0.0206. The van der Waals surface area contributed by atoms with E-state index < -0.39 is 10.0 Å². The highest BCUT2D eigenvalue weighted by atomic mass is 35.5. The number of rotatable bonds is 7. The second-order valence-electron chi connectivity index (χ2n) is 5.88. The molecule has 0 saturated heterocycles. The third kappa shape index (κ3) is 5.63. The molecule has 0 unspecified atom stereocenters. The minimum atomic E-state index is -3.97. The minimum Gasteiger partial charge on any atom is -0.484 e. The van der Waals surface area contributed by atoms with Gasteiger partial charge in [-0.15, -0.1) is 0 Å². The van der Waals surface area contributed by atoms with E-state index in [2.05, 4.69) is 10.0 Å². The first kappa shape index (κ1) is 21.0. The molecule has 3 aromatic carbocycles. The van der Waals surface area contributed by atoms with Crippen molar-refractivity contribution in [2.75, 3.05) is 16.6 Å². The van der Waals surface area contributed by atoms with Gasteiger partial charge >= 0.3 is 0 Å². The molecule has 0 aliphatic heterocycles. The van der Waals surface area contributed by atoms with Crippen molar-refractivity contribution in [3.05, 3.63) is 82.8 Å². The summed E-state index contributed by atoms with van der Waals surface area (Å²) < 4.78 is 32.9. The average molecular weight is 451 g/mol. The summed E-state index contributed by atoms with van der Waals surface area (Å²) in [6.45, 7) is -0.149. The van der Waals surface area contributed by atoms with Crippen molar-refractivity contribution in [3.8, 4) is 5.75 Å². The number of hydrogen-bond acceptors (Lipinski definition) is 4. The maximum absolute atomic E-state index is 12.6. The first-order valence-corrected chi connectivity index (χ1v) is 10.6. The van der Waals surface area contributed by atoms with Crippen molar-refractivity contribution in [3.63, 3.8) is 0 Å². The molecule has 150 valence electrons. The summed E-state index contributed by atoms with van der Waals surface area (Å²) in [4.78, 5) is 11.8. The first-order valence-electron chi connectivity index (χ1n) is 8.40. The van der Waals surface area contributed by atoms with Crippen LogP contribution < -0.4 is 14.8 Å². The van der Waals surface area contributed by atoms with Crippen molar-refractivity contribution >= 4 is 50.5 Å². The number of amides is 1. The molecule has 0 atom stereocenters. The van der Waals surface area contributed by atoms with Crippen molar-refractivity contribution in [1.29, 1.82) is 0 Å². The summed E-state index contributed by atoms with van der Waals surface area (Å²) in [5.74, 6) is 0.246. The number of ether oxygens (including phenoxy) is 1. The quantitative estimate of drug-likeness (QED) is 0.540. The predicted octanol–water partition coefficient (Wildman–Crippen LogP) is 4.81. The van der Waals surface area contributed by atoms with Gasteiger partial charge in [0.2, 0.25) is 0 Å². The van der Waals surface area contributed by atoms with Gasteiger partial charge in [-0.1, -0.05) is 47.5 Å². The zero-order valence-corrected chi connectivity index (χ0v) is 17.3. The molecule has 29 heavy (non-hydrogen) atoms. The van der Waals surface area contributed by atoms with Crippen LogP contribution >= 0.6 is 23.2 Å². The molecule has 0 radical (unpaired) electrons. The summed E-state index contributed by atoms with van der Waals surface area (Å²) in [5, 5.41) is 2.71. The summed E-state index contributed by atoms with van der Waals surface area (Å²) in [5.41, 5.74) is 0.782. The molecular formula is C20H16Cl2N2O4S.